The van der Waals surface area contributed by atoms with Crippen LogP contribution in [0.4, 0.5) is 0 Å². The fraction of sp³-hybridized carbons (Fsp3) is 0.206. The SMILES string of the molecule is Cc1ccccc1-n1c(C)c2[n+](c1C(C)(C)C)-c1ccccc1C2(c1ccccc1)c1ccccc1. The second-order valence-corrected chi connectivity index (χ2v) is 11.0. The normalized spacial score (nSPS) is 13.9. The zero-order valence-electron chi connectivity index (χ0n) is 21.8. The van der Waals surface area contributed by atoms with E-state index in [9.17, 15) is 0 Å². The lowest BCUT2D eigenvalue weighted by Gasteiger charge is -2.30. The van der Waals surface area contributed by atoms with E-state index in [2.05, 4.69) is 153 Å². The van der Waals surface area contributed by atoms with Crippen molar-refractivity contribution in [3.05, 3.63) is 149 Å². The van der Waals surface area contributed by atoms with Crippen LogP contribution in [0.5, 0.6) is 0 Å². The highest BCUT2D eigenvalue weighted by Gasteiger charge is 2.56. The second kappa shape index (κ2) is 8.06. The van der Waals surface area contributed by atoms with E-state index < -0.39 is 5.41 Å². The molecular formula is C34H33N2+. The molecule has 0 spiro atoms. The Labute approximate surface area is 214 Å². The van der Waals surface area contributed by atoms with Gasteiger partial charge in [-0.1, -0.05) is 97.1 Å². The summed E-state index contributed by atoms with van der Waals surface area (Å²) in [6.07, 6.45) is 0. The van der Waals surface area contributed by atoms with Crippen molar-refractivity contribution in [3.8, 4) is 11.4 Å². The van der Waals surface area contributed by atoms with Crippen LogP contribution < -0.4 is 4.57 Å². The molecule has 178 valence electrons. The van der Waals surface area contributed by atoms with Gasteiger partial charge in [0.2, 0.25) is 0 Å². The zero-order valence-corrected chi connectivity index (χ0v) is 21.8. The van der Waals surface area contributed by atoms with Gasteiger partial charge in [0.25, 0.3) is 5.82 Å². The Hall–Kier alpha value is -3.91. The quantitative estimate of drug-likeness (QED) is 0.239. The van der Waals surface area contributed by atoms with E-state index in [4.69, 9.17) is 0 Å². The van der Waals surface area contributed by atoms with Gasteiger partial charge in [-0.2, -0.15) is 9.13 Å². The fourth-order valence-electron chi connectivity index (χ4n) is 6.33. The first-order valence-corrected chi connectivity index (χ1v) is 12.8. The van der Waals surface area contributed by atoms with Crippen molar-refractivity contribution >= 4 is 0 Å². The third kappa shape index (κ3) is 3.00. The van der Waals surface area contributed by atoms with Crippen LogP contribution in [0.15, 0.2) is 109 Å². The predicted octanol–water partition coefficient (Wildman–Crippen LogP) is 7.36. The first-order chi connectivity index (χ1) is 17.4. The van der Waals surface area contributed by atoms with Crippen molar-refractivity contribution in [1.82, 2.24) is 4.57 Å². The summed E-state index contributed by atoms with van der Waals surface area (Å²) in [6, 6.07) is 39.8. The van der Waals surface area contributed by atoms with Crippen LogP contribution in [0.25, 0.3) is 11.4 Å². The van der Waals surface area contributed by atoms with Gasteiger partial charge in [0, 0.05) is 12.5 Å². The van der Waals surface area contributed by atoms with E-state index >= 15 is 0 Å². The van der Waals surface area contributed by atoms with Gasteiger partial charge >= 0.3 is 0 Å². The van der Waals surface area contributed by atoms with Crippen molar-refractivity contribution in [2.75, 3.05) is 0 Å². The van der Waals surface area contributed by atoms with Crippen molar-refractivity contribution in [3.63, 3.8) is 0 Å². The van der Waals surface area contributed by atoms with E-state index in [0.717, 1.165) is 0 Å². The van der Waals surface area contributed by atoms with Crippen molar-refractivity contribution in [2.45, 2.75) is 45.4 Å². The molecule has 0 N–H and O–H groups in total. The lowest BCUT2D eigenvalue weighted by molar-refractivity contribution is -0.611. The van der Waals surface area contributed by atoms with Crippen LogP contribution in [-0.4, -0.2) is 4.57 Å². The number of imidazole rings is 1. The minimum absolute atomic E-state index is 0.0954. The first kappa shape index (κ1) is 22.5. The van der Waals surface area contributed by atoms with Crippen LogP contribution in [0, 0.1) is 13.8 Å². The van der Waals surface area contributed by atoms with Gasteiger partial charge in [-0.3, -0.25) is 0 Å². The van der Waals surface area contributed by atoms with Crippen LogP contribution in [0.1, 0.15) is 60.2 Å². The van der Waals surface area contributed by atoms with Crippen LogP contribution in [-0.2, 0) is 10.8 Å². The maximum absolute atomic E-state index is 2.57. The molecule has 2 heteroatoms. The number of hydrogen-bond acceptors (Lipinski definition) is 0. The topological polar surface area (TPSA) is 8.81 Å². The Bertz CT molecular complexity index is 1530. The van der Waals surface area contributed by atoms with Crippen LogP contribution in [0.3, 0.4) is 0 Å². The molecule has 2 heterocycles. The zero-order chi connectivity index (χ0) is 25.1. The van der Waals surface area contributed by atoms with Gasteiger partial charge in [-0.05, 0) is 56.5 Å². The number of para-hydroxylation sites is 2. The molecule has 0 unspecified atom stereocenters. The third-order valence-corrected chi connectivity index (χ3v) is 7.67. The van der Waals surface area contributed by atoms with Gasteiger partial charge < -0.3 is 0 Å². The number of aryl methyl sites for hydroxylation is 1. The lowest BCUT2D eigenvalue weighted by Crippen LogP contribution is -2.43. The molecular weight excluding hydrogens is 436 g/mol. The smallest absolute Gasteiger partial charge is 0.196 e. The Morgan fingerprint density at radius 1 is 0.639 bits per heavy atom. The van der Waals surface area contributed by atoms with Crippen molar-refractivity contribution in [1.29, 1.82) is 0 Å². The first-order valence-electron chi connectivity index (χ1n) is 12.8. The summed E-state index contributed by atoms with van der Waals surface area (Å²) in [5.74, 6) is 1.30. The van der Waals surface area contributed by atoms with Crippen molar-refractivity contribution < 1.29 is 4.57 Å². The standard InChI is InChI=1S/C34H33N2/c1-24-16-12-14-22-29(24)35-25(2)31-34(26-17-8-6-9-18-26,27-19-10-7-11-20-27)28-21-13-15-23-30(28)36(31)32(35)33(3,4)5/h6-23H,1-5H3/q+1. The molecule has 0 fully saturated rings. The minimum Gasteiger partial charge on any atom is -0.196 e. The summed E-state index contributed by atoms with van der Waals surface area (Å²) in [6.45, 7) is 11.5. The van der Waals surface area contributed by atoms with E-state index in [1.54, 1.807) is 0 Å². The second-order valence-electron chi connectivity index (χ2n) is 11.0. The molecule has 1 aliphatic heterocycles. The number of aromatic nitrogens is 2. The van der Waals surface area contributed by atoms with Crippen LogP contribution >= 0.6 is 0 Å². The largest absolute Gasteiger partial charge is 0.272 e. The summed E-state index contributed by atoms with van der Waals surface area (Å²) in [5, 5.41) is 0. The van der Waals surface area contributed by atoms with Gasteiger partial charge in [-0.15, -0.1) is 0 Å². The predicted molar refractivity (Wildman–Crippen MR) is 147 cm³/mol. The summed E-state index contributed by atoms with van der Waals surface area (Å²) in [4.78, 5) is 0. The van der Waals surface area contributed by atoms with E-state index in [1.807, 2.05) is 0 Å². The van der Waals surface area contributed by atoms with Crippen LogP contribution in [0.2, 0.25) is 0 Å². The number of benzene rings is 4. The average molecular weight is 470 g/mol. The molecule has 0 saturated carbocycles. The third-order valence-electron chi connectivity index (χ3n) is 7.67. The Morgan fingerprint density at radius 2 is 1.17 bits per heavy atom. The molecule has 1 aromatic heterocycles. The highest BCUT2D eigenvalue weighted by atomic mass is 15.2. The lowest BCUT2D eigenvalue weighted by atomic mass is 9.68. The maximum Gasteiger partial charge on any atom is 0.272 e. The number of hydrogen-bond donors (Lipinski definition) is 0. The Balaban J connectivity index is 1.87. The fourth-order valence-corrected chi connectivity index (χ4v) is 6.33. The average Bonchev–Trinajstić information content (AvgIpc) is 3.36. The van der Waals surface area contributed by atoms with Crippen molar-refractivity contribution in [2.24, 2.45) is 0 Å². The number of rotatable bonds is 3. The maximum atomic E-state index is 2.57. The summed E-state index contributed by atoms with van der Waals surface area (Å²) >= 11 is 0. The molecule has 0 amide bonds. The Morgan fingerprint density at radius 3 is 1.75 bits per heavy atom. The highest BCUT2D eigenvalue weighted by molar-refractivity contribution is 5.65. The van der Waals surface area contributed by atoms with E-state index in [1.165, 1.54) is 50.8 Å². The van der Waals surface area contributed by atoms with E-state index in [0.29, 0.717) is 0 Å². The van der Waals surface area contributed by atoms with Gasteiger partial charge in [0.1, 0.15) is 16.8 Å². The molecule has 36 heavy (non-hydrogen) atoms. The molecule has 2 nitrogen and oxygen atoms in total. The molecule has 0 saturated heterocycles. The molecule has 1 aliphatic rings. The minimum atomic E-state index is -0.420. The molecule has 0 atom stereocenters. The molecule has 0 aliphatic carbocycles. The molecule has 6 rings (SSSR count). The number of fused-ring (bicyclic) bond motifs is 3. The summed E-state index contributed by atoms with van der Waals surface area (Å²) in [7, 11) is 0. The molecule has 0 bridgehead atoms. The summed E-state index contributed by atoms with van der Waals surface area (Å²) < 4.78 is 5.08. The molecule has 0 radical (unpaired) electrons. The Kier molecular flexibility index (Phi) is 5.05. The molecule has 5 aromatic rings. The summed E-state index contributed by atoms with van der Waals surface area (Å²) in [5.41, 5.74) is 9.80. The van der Waals surface area contributed by atoms with Gasteiger partial charge in [-0.25, -0.2) is 0 Å². The monoisotopic (exact) mass is 469 g/mol. The number of nitrogens with zero attached hydrogens (tertiary/aromatic N) is 2. The van der Waals surface area contributed by atoms with E-state index in [-0.39, 0.29) is 5.41 Å². The molecule has 4 aromatic carbocycles. The highest BCUT2D eigenvalue weighted by Crippen LogP contribution is 2.51. The van der Waals surface area contributed by atoms with Gasteiger partial charge in [0.05, 0.1) is 5.41 Å². The van der Waals surface area contributed by atoms with Gasteiger partial charge in [0.15, 0.2) is 11.4 Å².